The van der Waals surface area contributed by atoms with E-state index >= 15 is 0 Å². The summed E-state index contributed by atoms with van der Waals surface area (Å²) < 4.78 is 49.8. The van der Waals surface area contributed by atoms with E-state index in [4.69, 9.17) is 9.15 Å². The Morgan fingerprint density at radius 3 is 2.06 bits per heavy atom. The maximum Gasteiger partial charge on any atom is 0.416 e. The number of carbonyl (C=O) groups excluding carboxylic acids is 1. The molecular formula is C28H20F3NO3. The lowest BCUT2D eigenvalue weighted by Gasteiger charge is -2.07. The van der Waals surface area contributed by atoms with E-state index in [1.807, 2.05) is 66.7 Å². The van der Waals surface area contributed by atoms with E-state index in [0.717, 1.165) is 28.8 Å². The molecule has 0 saturated carbocycles. The van der Waals surface area contributed by atoms with Crippen molar-refractivity contribution in [2.75, 3.05) is 0 Å². The van der Waals surface area contributed by atoms with E-state index in [-0.39, 0.29) is 5.76 Å². The minimum atomic E-state index is -4.44. The van der Waals surface area contributed by atoms with Crippen LogP contribution in [0.25, 0.3) is 28.5 Å². The van der Waals surface area contributed by atoms with E-state index in [1.54, 1.807) is 0 Å². The third-order valence-electron chi connectivity index (χ3n) is 4.97. The predicted molar refractivity (Wildman–Crippen MR) is 129 cm³/mol. The molecule has 4 aromatic rings. The average Bonchev–Trinajstić information content (AvgIpc) is 3.27. The first-order valence-corrected chi connectivity index (χ1v) is 10.7. The van der Waals surface area contributed by atoms with Crippen LogP contribution in [0, 0.1) is 0 Å². The van der Waals surface area contributed by atoms with Gasteiger partial charge in [-0.3, -0.25) is 4.79 Å². The molecule has 0 bridgehead atoms. The van der Waals surface area contributed by atoms with Gasteiger partial charge in [0, 0.05) is 18.1 Å². The lowest BCUT2D eigenvalue weighted by molar-refractivity contribution is -0.137. The molecule has 0 saturated heterocycles. The van der Waals surface area contributed by atoms with Gasteiger partial charge < -0.3 is 9.15 Å². The van der Waals surface area contributed by atoms with Crippen LogP contribution >= 0.6 is 0 Å². The van der Waals surface area contributed by atoms with Crippen LogP contribution in [0.3, 0.4) is 0 Å². The van der Waals surface area contributed by atoms with Crippen LogP contribution in [-0.2, 0) is 15.7 Å². The molecule has 0 spiro atoms. The molecule has 0 unspecified atom stereocenters. The van der Waals surface area contributed by atoms with E-state index in [9.17, 15) is 18.0 Å². The summed E-state index contributed by atoms with van der Waals surface area (Å²) in [6.07, 6.45) is -1.71. The van der Waals surface area contributed by atoms with Crippen LogP contribution in [0.4, 0.5) is 19.1 Å². The minimum Gasteiger partial charge on any atom is -0.438 e. The highest BCUT2D eigenvalue weighted by molar-refractivity contribution is 5.90. The fourth-order valence-corrected chi connectivity index (χ4v) is 3.36. The Bertz CT molecular complexity index is 1350. The lowest BCUT2D eigenvalue weighted by atomic mass is 10.1. The van der Waals surface area contributed by atoms with Gasteiger partial charge in [-0.1, -0.05) is 72.8 Å². The van der Waals surface area contributed by atoms with Gasteiger partial charge in [0.15, 0.2) is 0 Å². The molecule has 35 heavy (non-hydrogen) atoms. The number of aliphatic imine (C=N–C) groups is 1. The van der Waals surface area contributed by atoms with Crippen LogP contribution in [-0.4, -0.2) is 12.2 Å². The Labute approximate surface area is 200 Å². The molecule has 0 radical (unpaired) electrons. The smallest absolute Gasteiger partial charge is 0.416 e. The molecule has 0 aliphatic rings. The monoisotopic (exact) mass is 475 g/mol. The Morgan fingerprint density at radius 1 is 0.886 bits per heavy atom. The quantitative estimate of drug-likeness (QED) is 0.162. The number of carbonyl (C=O) groups is 1. The second-order valence-corrected chi connectivity index (χ2v) is 7.58. The molecule has 7 heteroatoms. The van der Waals surface area contributed by atoms with Crippen molar-refractivity contribution >= 4 is 24.1 Å². The second kappa shape index (κ2) is 10.3. The van der Waals surface area contributed by atoms with Gasteiger partial charge in [0.25, 0.3) is 0 Å². The zero-order valence-corrected chi connectivity index (χ0v) is 18.6. The maximum atomic E-state index is 12.8. The molecule has 1 aromatic heterocycles. The first-order valence-electron chi connectivity index (χ1n) is 10.7. The number of rotatable bonds is 6. The molecule has 0 atom stereocenters. The number of halogens is 3. The molecule has 4 nitrogen and oxygen atoms in total. The van der Waals surface area contributed by atoms with Gasteiger partial charge in [0.2, 0.25) is 5.88 Å². The predicted octanol–water partition coefficient (Wildman–Crippen LogP) is 7.94. The Balaban J connectivity index is 1.71. The first kappa shape index (κ1) is 23.8. The van der Waals surface area contributed by atoms with Gasteiger partial charge in [-0.05, 0) is 35.4 Å². The SMILES string of the molecule is CC(=O)OC(=C\c1ccc(C(F)(F)F)cc1)/C=N/c1oc(-c2ccccc2)cc1-c1ccccc1. The van der Waals surface area contributed by atoms with E-state index in [2.05, 4.69) is 4.99 Å². The average molecular weight is 475 g/mol. The van der Waals surface area contributed by atoms with Crippen LogP contribution in [0.5, 0.6) is 0 Å². The first-order chi connectivity index (χ1) is 16.8. The van der Waals surface area contributed by atoms with Crippen LogP contribution < -0.4 is 0 Å². The lowest BCUT2D eigenvalue weighted by Crippen LogP contribution is -2.04. The number of nitrogens with zero attached hydrogens (tertiary/aromatic N) is 1. The van der Waals surface area contributed by atoms with Crippen molar-refractivity contribution < 1.29 is 27.1 Å². The van der Waals surface area contributed by atoms with Crippen LogP contribution in [0.1, 0.15) is 18.1 Å². The number of allylic oxidation sites excluding steroid dienone is 1. The molecule has 176 valence electrons. The number of alkyl halides is 3. The normalized spacial score (nSPS) is 12.2. The fraction of sp³-hybridized carbons (Fsp3) is 0.0714. The van der Waals surface area contributed by atoms with Gasteiger partial charge in [-0.15, -0.1) is 0 Å². The van der Waals surface area contributed by atoms with Gasteiger partial charge in [0.05, 0.1) is 11.8 Å². The molecule has 0 N–H and O–H groups in total. The molecule has 0 aliphatic carbocycles. The Hall–Kier alpha value is -4.39. The maximum absolute atomic E-state index is 12.8. The summed E-state index contributed by atoms with van der Waals surface area (Å²) in [5.74, 6) is 0.356. The number of furan rings is 1. The van der Waals surface area contributed by atoms with Crippen molar-refractivity contribution in [1.29, 1.82) is 0 Å². The summed E-state index contributed by atoms with van der Waals surface area (Å²) in [5.41, 5.74) is 2.12. The second-order valence-electron chi connectivity index (χ2n) is 7.58. The zero-order valence-electron chi connectivity index (χ0n) is 18.6. The largest absolute Gasteiger partial charge is 0.438 e. The summed E-state index contributed by atoms with van der Waals surface area (Å²) in [7, 11) is 0. The standard InChI is InChI=1S/C28H20F3NO3/c1-19(33)34-24(16-20-12-14-23(15-13-20)28(29,30)31)18-32-27-25(21-8-4-2-5-9-21)17-26(35-27)22-10-6-3-7-11-22/h2-18H,1H3/b24-16-,32-18+. The summed E-state index contributed by atoms with van der Waals surface area (Å²) in [5, 5.41) is 0. The number of esters is 1. The molecule has 1 heterocycles. The number of hydrogen-bond donors (Lipinski definition) is 0. The van der Waals surface area contributed by atoms with Crippen molar-refractivity contribution in [2.45, 2.75) is 13.1 Å². The molecule has 4 rings (SSSR count). The molecule has 0 amide bonds. The van der Waals surface area contributed by atoms with Crippen LogP contribution in [0.2, 0.25) is 0 Å². The topological polar surface area (TPSA) is 51.8 Å². The summed E-state index contributed by atoms with van der Waals surface area (Å²) in [4.78, 5) is 16.0. The van der Waals surface area contributed by atoms with E-state index in [1.165, 1.54) is 31.3 Å². The number of ether oxygens (including phenoxy) is 1. The van der Waals surface area contributed by atoms with E-state index < -0.39 is 17.7 Å². The number of benzene rings is 3. The van der Waals surface area contributed by atoms with Gasteiger partial charge in [-0.2, -0.15) is 13.2 Å². The van der Waals surface area contributed by atoms with Gasteiger partial charge in [0.1, 0.15) is 11.5 Å². The molecule has 0 aliphatic heterocycles. The summed E-state index contributed by atoms with van der Waals surface area (Å²) in [6.45, 7) is 1.23. The number of hydrogen-bond acceptors (Lipinski definition) is 4. The third kappa shape index (κ3) is 6.14. The van der Waals surface area contributed by atoms with Gasteiger partial charge >= 0.3 is 12.1 Å². The summed E-state index contributed by atoms with van der Waals surface area (Å²) >= 11 is 0. The Morgan fingerprint density at radius 2 is 1.49 bits per heavy atom. The van der Waals surface area contributed by atoms with Crippen molar-refractivity contribution in [3.05, 3.63) is 108 Å². The summed E-state index contributed by atoms with van der Waals surface area (Å²) in [6, 6.07) is 25.4. The van der Waals surface area contributed by atoms with Crippen molar-refractivity contribution in [1.82, 2.24) is 0 Å². The van der Waals surface area contributed by atoms with E-state index in [0.29, 0.717) is 17.2 Å². The highest BCUT2D eigenvalue weighted by Gasteiger charge is 2.29. The van der Waals surface area contributed by atoms with Gasteiger partial charge in [-0.25, -0.2) is 4.99 Å². The van der Waals surface area contributed by atoms with Crippen LogP contribution in [0.15, 0.2) is 106 Å². The Kier molecular flexibility index (Phi) is 6.96. The minimum absolute atomic E-state index is 0.0499. The van der Waals surface area contributed by atoms with Crippen molar-refractivity contribution in [2.24, 2.45) is 4.99 Å². The highest BCUT2D eigenvalue weighted by atomic mass is 19.4. The van der Waals surface area contributed by atoms with Crippen molar-refractivity contribution in [3.8, 4) is 22.5 Å². The molecule has 3 aromatic carbocycles. The highest BCUT2D eigenvalue weighted by Crippen LogP contribution is 2.38. The zero-order chi connectivity index (χ0) is 24.8. The molecular weight excluding hydrogens is 455 g/mol. The van der Waals surface area contributed by atoms with Crippen molar-refractivity contribution in [3.63, 3.8) is 0 Å². The molecule has 0 fully saturated rings. The fourth-order valence-electron chi connectivity index (χ4n) is 3.36. The third-order valence-corrected chi connectivity index (χ3v) is 4.97.